The van der Waals surface area contributed by atoms with E-state index in [4.69, 9.17) is 4.74 Å². The number of hydrogen-bond acceptors (Lipinski definition) is 5. The van der Waals surface area contributed by atoms with E-state index in [1.165, 1.54) is 6.21 Å². The number of carbonyl (C=O) groups excluding carboxylic acids is 1. The van der Waals surface area contributed by atoms with E-state index in [-0.39, 0.29) is 4.90 Å². The summed E-state index contributed by atoms with van der Waals surface area (Å²) in [6.07, 6.45) is 1.50. The zero-order chi connectivity index (χ0) is 27.8. The Morgan fingerprint density at radius 1 is 0.872 bits per heavy atom. The van der Waals surface area contributed by atoms with Crippen molar-refractivity contribution in [2.75, 3.05) is 10.8 Å². The van der Waals surface area contributed by atoms with Crippen molar-refractivity contribution in [2.24, 2.45) is 5.10 Å². The van der Waals surface area contributed by atoms with Crippen molar-refractivity contribution >= 4 is 27.8 Å². The van der Waals surface area contributed by atoms with Crippen LogP contribution in [0.2, 0.25) is 0 Å². The minimum atomic E-state index is -4.01. The van der Waals surface area contributed by atoms with E-state index in [0.717, 1.165) is 32.1 Å². The predicted octanol–water partition coefficient (Wildman–Crippen LogP) is 5.54. The monoisotopic (exact) mass is 541 g/mol. The fourth-order valence-corrected chi connectivity index (χ4v) is 5.34. The summed E-state index contributed by atoms with van der Waals surface area (Å²) in [6, 6.07) is 29.2. The molecule has 7 nitrogen and oxygen atoms in total. The van der Waals surface area contributed by atoms with Gasteiger partial charge in [-0.15, -0.1) is 0 Å². The normalized spacial score (nSPS) is 11.4. The van der Waals surface area contributed by atoms with Crippen molar-refractivity contribution in [1.29, 1.82) is 0 Å². The van der Waals surface area contributed by atoms with Gasteiger partial charge in [0.1, 0.15) is 18.9 Å². The fraction of sp³-hybridized carbons (Fsp3) is 0.161. The van der Waals surface area contributed by atoms with Gasteiger partial charge in [-0.1, -0.05) is 60.2 Å². The molecule has 0 aliphatic rings. The Hall–Kier alpha value is -4.43. The minimum Gasteiger partial charge on any atom is -0.489 e. The molecule has 0 aliphatic heterocycles. The molecule has 0 aromatic heterocycles. The van der Waals surface area contributed by atoms with Crippen LogP contribution >= 0.6 is 0 Å². The Morgan fingerprint density at radius 2 is 1.54 bits per heavy atom. The molecule has 4 aromatic carbocycles. The van der Waals surface area contributed by atoms with Crippen LogP contribution in [0.3, 0.4) is 0 Å². The number of benzene rings is 4. The number of carbonyl (C=O) groups is 1. The molecule has 0 saturated heterocycles. The molecule has 0 unspecified atom stereocenters. The predicted molar refractivity (Wildman–Crippen MR) is 155 cm³/mol. The van der Waals surface area contributed by atoms with Gasteiger partial charge in [0.05, 0.1) is 16.8 Å². The number of nitrogens with zero attached hydrogens (tertiary/aromatic N) is 2. The van der Waals surface area contributed by atoms with Crippen LogP contribution in [0, 0.1) is 20.8 Å². The first kappa shape index (κ1) is 27.6. The van der Waals surface area contributed by atoms with Crippen LogP contribution in [0.25, 0.3) is 0 Å². The van der Waals surface area contributed by atoms with Gasteiger partial charge in [-0.2, -0.15) is 5.10 Å². The second kappa shape index (κ2) is 12.4. The first-order valence-corrected chi connectivity index (χ1v) is 13.9. The molecule has 0 fully saturated rings. The number of hydrogen-bond donors (Lipinski definition) is 1. The number of anilines is 1. The maximum atomic E-state index is 13.6. The van der Waals surface area contributed by atoms with Crippen molar-refractivity contribution < 1.29 is 17.9 Å². The van der Waals surface area contributed by atoms with Crippen LogP contribution in [0.4, 0.5) is 5.69 Å². The lowest BCUT2D eigenvalue weighted by Gasteiger charge is -2.25. The van der Waals surface area contributed by atoms with Crippen molar-refractivity contribution in [3.8, 4) is 5.75 Å². The maximum Gasteiger partial charge on any atom is 0.264 e. The second-order valence-corrected chi connectivity index (χ2v) is 11.1. The average molecular weight is 542 g/mol. The SMILES string of the molecule is Cc1ccc(S(=O)(=O)N(CC(=O)N/N=C\c2ccc(OCc3ccccc3)cc2)c2cc(C)ccc2C)cc1. The molecule has 0 atom stereocenters. The highest BCUT2D eigenvalue weighted by atomic mass is 32.2. The molecular formula is C31H31N3O4S. The summed E-state index contributed by atoms with van der Waals surface area (Å²) in [6.45, 7) is 5.62. The number of sulfonamides is 1. The van der Waals surface area contributed by atoms with Crippen LogP contribution in [0.1, 0.15) is 27.8 Å². The Bertz CT molecular complexity index is 1550. The van der Waals surface area contributed by atoms with Crippen molar-refractivity contribution in [1.82, 2.24) is 5.43 Å². The van der Waals surface area contributed by atoms with Crippen LogP contribution < -0.4 is 14.5 Å². The van der Waals surface area contributed by atoms with E-state index in [9.17, 15) is 13.2 Å². The molecule has 4 rings (SSSR count). The molecule has 0 aliphatic carbocycles. The molecule has 0 heterocycles. The largest absolute Gasteiger partial charge is 0.489 e. The van der Waals surface area contributed by atoms with Crippen molar-refractivity contribution in [3.05, 3.63) is 125 Å². The molecule has 39 heavy (non-hydrogen) atoms. The van der Waals surface area contributed by atoms with Gasteiger partial charge in [0, 0.05) is 0 Å². The van der Waals surface area contributed by atoms with Gasteiger partial charge in [-0.3, -0.25) is 9.10 Å². The third-order valence-electron chi connectivity index (χ3n) is 6.06. The van der Waals surface area contributed by atoms with E-state index < -0.39 is 22.5 Å². The highest BCUT2D eigenvalue weighted by Crippen LogP contribution is 2.28. The zero-order valence-electron chi connectivity index (χ0n) is 22.2. The lowest BCUT2D eigenvalue weighted by atomic mass is 10.1. The van der Waals surface area contributed by atoms with Gasteiger partial charge in [-0.25, -0.2) is 13.8 Å². The first-order chi connectivity index (χ1) is 18.7. The average Bonchev–Trinajstić information content (AvgIpc) is 2.93. The number of nitrogens with one attached hydrogen (secondary N) is 1. The Balaban J connectivity index is 1.44. The molecule has 4 aromatic rings. The van der Waals surface area contributed by atoms with E-state index in [0.29, 0.717) is 18.0 Å². The zero-order valence-corrected chi connectivity index (χ0v) is 23.0. The molecule has 0 radical (unpaired) electrons. The minimum absolute atomic E-state index is 0.111. The number of aryl methyl sites for hydroxylation is 3. The smallest absolute Gasteiger partial charge is 0.264 e. The second-order valence-electron chi connectivity index (χ2n) is 9.25. The lowest BCUT2D eigenvalue weighted by molar-refractivity contribution is -0.119. The molecule has 0 spiro atoms. The highest BCUT2D eigenvalue weighted by Gasteiger charge is 2.28. The van der Waals surface area contributed by atoms with E-state index in [1.54, 1.807) is 30.3 Å². The summed E-state index contributed by atoms with van der Waals surface area (Å²) in [4.78, 5) is 13.0. The van der Waals surface area contributed by atoms with Gasteiger partial charge in [-0.05, 0) is 85.5 Å². The molecular weight excluding hydrogens is 510 g/mol. The quantitative estimate of drug-likeness (QED) is 0.211. The summed E-state index contributed by atoms with van der Waals surface area (Å²) in [7, 11) is -4.01. The van der Waals surface area contributed by atoms with E-state index in [2.05, 4.69) is 10.5 Å². The molecule has 0 saturated carbocycles. The van der Waals surface area contributed by atoms with Crippen molar-refractivity contribution in [3.63, 3.8) is 0 Å². The van der Waals surface area contributed by atoms with Gasteiger partial charge >= 0.3 is 0 Å². The van der Waals surface area contributed by atoms with Gasteiger partial charge in [0.15, 0.2) is 0 Å². The van der Waals surface area contributed by atoms with Crippen LogP contribution in [-0.2, 0) is 21.4 Å². The summed E-state index contributed by atoms with van der Waals surface area (Å²) in [5.74, 6) is 0.149. The number of rotatable bonds is 10. The Labute approximate surface area is 229 Å². The topological polar surface area (TPSA) is 88.1 Å². The molecule has 8 heteroatoms. The summed E-state index contributed by atoms with van der Waals surface area (Å²) in [5.41, 5.74) is 7.28. The summed E-state index contributed by atoms with van der Waals surface area (Å²) < 4.78 is 34.1. The third kappa shape index (κ3) is 7.33. The van der Waals surface area contributed by atoms with Gasteiger partial charge < -0.3 is 4.74 Å². The third-order valence-corrected chi connectivity index (χ3v) is 7.83. The Kier molecular flexibility index (Phi) is 8.78. The van der Waals surface area contributed by atoms with Crippen LogP contribution in [0.15, 0.2) is 107 Å². The van der Waals surface area contributed by atoms with Crippen LogP contribution in [0.5, 0.6) is 5.75 Å². The highest BCUT2D eigenvalue weighted by molar-refractivity contribution is 7.92. The lowest BCUT2D eigenvalue weighted by Crippen LogP contribution is -2.40. The Morgan fingerprint density at radius 3 is 2.23 bits per heavy atom. The summed E-state index contributed by atoms with van der Waals surface area (Å²) in [5, 5.41) is 4.03. The van der Waals surface area contributed by atoms with Gasteiger partial charge in [0.25, 0.3) is 15.9 Å². The first-order valence-electron chi connectivity index (χ1n) is 12.5. The molecule has 1 N–H and O–H groups in total. The van der Waals surface area contributed by atoms with E-state index >= 15 is 0 Å². The molecule has 0 bridgehead atoms. The fourth-order valence-electron chi connectivity index (χ4n) is 3.86. The number of hydrazone groups is 1. The molecule has 200 valence electrons. The van der Waals surface area contributed by atoms with Crippen LogP contribution in [-0.4, -0.2) is 27.1 Å². The van der Waals surface area contributed by atoms with Crippen molar-refractivity contribution in [2.45, 2.75) is 32.3 Å². The molecule has 1 amide bonds. The van der Waals surface area contributed by atoms with E-state index in [1.807, 2.05) is 87.5 Å². The number of ether oxygens (including phenoxy) is 1. The standard InChI is InChI=1S/C31H31N3O4S/c1-23-10-17-29(18-11-23)39(36,37)34(30-19-24(2)9-12-25(30)3)21-31(35)33-32-20-26-13-15-28(16-14-26)38-22-27-7-5-4-6-8-27/h4-20H,21-22H2,1-3H3,(H,33,35)/b32-20-. The summed E-state index contributed by atoms with van der Waals surface area (Å²) >= 11 is 0. The maximum absolute atomic E-state index is 13.6. The number of amides is 1. The van der Waals surface area contributed by atoms with Gasteiger partial charge in [0.2, 0.25) is 0 Å².